The summed E-state index contributed by atoms with van der Waals surface area (Å²) in [6.07, 6.45) is 2.40. The van der Waals surface area contributed by atoms with E-state index in [-0.39, 0.29) is 11.7 Å². The van der Waals surface area contributed by atoms with Gasteiger partial charge in [0, 0.05) is 11.5 Å². The highest BCUT2D eigenvalue weighted by Gasteiger charge is 2.33. The Labute approximate surface area is 104 Å². The number of hydrogen-bond donors (Lipinski definition) is 0. The molecule has 1 aliphatic carbocycles. The minimum Gasteiger partial charge on any atom is -0.496 e. The van der Waals surface area contributed by atoms with E-state index in [0.29, 0.717) is 5.92 Å². The second-order valence-electron chi connectivity index (χ2n) is 4.34. The summed E-state index contributed by atoms with van der Waals surface area (Å²) in [5.74, 6) is 1.76. The Morgan fingerprint density at radius 1 is 1.50 bits per heavy atom. The lowest BCUT2D eigenvalue weighted by atomic mass is 9.95. The van der Waals surface area contributed by atoms with Gasteiger partial charge in [0.1, 0.15) is 5.75 Å². The molecule has 1 aromatic rings. The highest BCUT2D eigenvalue weighted by molar-refractivity contribution is 9.10. The van der Waals surface area contributed by atoms with Crippen molar-refractivity contribution in [1.29, 1.82) is 0 Å². The van der Waals surface area contributed by atoms with Crippen LogP contribution in [0.5, 0.6) is 5.75 Å². The minimum atomic E-state index is 0.153. The van der Waals surface area contributed by atoms with Gasteiger partial charge in [-0.3, -0.25) is 4.79 Å². The minimum absolute atomic E-state index is 0.153. The molecule has 0 bridgehead atoms. The smallest absolute Gasteiger partial charge is 0.165 e. The van der Waals surface area contributed by atoms with Crippen molar-refractivity contribution >= 4 is 21.7 Å². The number of ether oxygens (including phenoxy) is 1. The lowest BCUT2D eigenvalue weighted by molar-refractivity contribution is 0.0916. The van der Waals surface area contributed by atoms with Crippen molar-refractivity contribution in [2.75, 3.05) is 7.11 Å². The van der Waals surface area contributed by atoms with Gasteiger partial charge in [-0.15, -0.1) is 0 Å². The van der Waals surface area contributed by atoms with E-state index >= 15 is 0 Å². The van der Waals surface area contributed by atoms with Crippen LogP contribution in [0, 0.1) is 11.8 Å². The van der Waals surface area contributed by atoms with Crippen molar-refractivity contribution in [1.82, 2.24) is 0 Å². The highest BCUT2D eigenvalue weighted by Crippen LogP contribution is 2.38. The first-order valence-corrected chi connectivity index (χ1v) is 6.30. The molecule has 1 aromatic carbocycles. The van der Waals surface area contributed by atoms with Crippen LogP contribution < -0.4 is 4.74 Å². The molecule has 0 amide bonds. The number of benzene rings is 1. The van der Waals surface area contributed by atoms with Gasteiger partial charge in [-0.05, 0) is 52.9 Å². The molecule has 1 aliphatic rings. The van der Waals surface area contributed by atoms with E-state index in [9.17, 15) is 4.79 Å². The van der Waals surface area contributed by atoms with Crippen molar-refractivity contribution in [3.05, 3.63) is 28.2 Å². The summed E-state index contributed by atoms with van der Waals surface area (Å²) in [5, 5.41) is 0. The molecule has 2 rings (SSSR count). The maximum absolute atomic E-state index is 12.1. The first kappa shape index (κ1) is 11.6. The third-order valence-electron chi connectivity index (χ3n) is 3.18. The summed E-state index contributed by atoms with van der Waals surface area (Å²) in [6.45, 7) is 2.03. The second kappa shape index (κ2) is 4.58. The van der Waals surface area contributed by atoms with Gasteiger partial charge < -0.3 is 4.74 Å². The van der Waals surface area contributed by atoms with Gasteiger partial charge in [0.15, 0.2) is 5.78 Å². The van der Waals surface area contributed by atoms with E-state index in [1.165, 1.54) is 12.8 Å². The Morgan fingerprint density at radius 3 is 2.69 bits per heavy atom. The summed E-state index contributed by atoms with van der Waals surface area (Å²) in [7, 11) is 1.62. The van der Waals surface area contributed by atoms with Crippen molar-refractivity contribution in [3.8, 4) is 5.75 Å². The first-order chi connectivity index (χ1) is 7.63. The molecule has 0 spiro atoms. The van der Waals surface area contributed by atoms with Gasteiger partial charge in [-0.2, -0.15) is 0 Å². The maximum atomic E-state index is 12.1. The monoisotopic (exact) mass is 282 g/mol. The number of carbonyl (C=O) groups is 1. The summed E-state index contributed by atoms with van der Waals surface area (Å²) in [4.78, 5) is 12.1. The normalized spacial score (nSPS) is 16.9. The molecule has 0 N–H and O–H groups in total. The lowest BCUT2D eigenvalue weighted by Crippen LogP contribution is -2.13. The number of hydrogen-bond acceptors (Lipinski definition) is 2. The number of ketones is 1. The molecule has 1 saturated carbocycles. The van der Waals surface area contributed by atoms with E-state index in [0.717, 1.165) is 15.8 Å². The van der Waals surface area contributed by atoms with Crippen LogP contribution in [-0.4, -0.2) is 12.9 Å². The molecule has 1 fully saturated rings. The van der Waals surface area contributed by atoms with Crippen molar-refractivity contribution < 1.29 is 9.53 Å². The molecule has 16 heavy (non-hydrogen) atoms. The average Bonchev–Trinajstić information content (AvgIpc) is 3.11. The Balaban J connectivity index is 2.20. The third-order valence-corrected chi connectivity index (χ3v) is 3.80. The summed E-state index contributed by atoms with van der Waals surface area (Å²) in [6, 6.07) is 5.52. The lowest BCUT2D eigenvalue weighted by Gasteiger charge is -2.10. The summed E-state index contributed by atoms with van der Waals surface area (Å²) >= 11 is 3.40. The largest absolute Gasteiger partial charge is 0.496 e. The molecule has 0 aromatic heterocycles. The van der Waals surface area contributed by atoms with Gasteiger partial charge in [-0.1, -0.05) is 6.92 Å². The summed E-state index contributed by atoms with van der Waals surface area (Å²) in [5.41, 5.74) is 0.770. The van der Waals surface area contributed by atoms with Crippen LogP contribution in [0.25, 0.3) is 0 Å². The van der Waals surface area contributed by atoms with E-state index in [4.69, 9.17) is 4.74 Å². The number of Topliss-reactive ketones (excluding diaryl/α,β-unsaturated/α-hetero) is 1. The Hall–Kier alpha value is -0.830. The van der Waals surface area contributed by atoms with Gasteiger partial charge >= 0.3 is 0 Å². The fourth-order valence-corrected chi connectivity index (χ4v) is 2.43. The van der Waals surface area contributed by atoms with Crippen LogP contribution in [0.4, 0.5) is 0 Å². The van der Waals surface area contributed by atoms with Crippen LogP contribution >= 0.6 is 15.9 Å². The molecule has 0 saturated heterocycles. The van der Waals surface area contributed by atoms with Crippen LogP contribution in [0.3, 0.4) is 0 Å². The number of methoxy groups -OCH3 is 1. The van der Waals surface area contributed by atoms with Crippen LogP contribution in [-0.2, 0) is 0 Å². The van der Waals surface area contributed by atoms with E-state index in [1.807, 2.05) is 25.1 Å². The zero-order valence-electron chi connectivity index (χ0n) is 9.50. The molecule has 0 heterocycles. The van der Waals surface area contributed by atoms with Crippen LogP contribution in [0.15, 0.2) is 22.7 Å². The van der Waals surface area contributed by atoms with Crippen molar-refractivity contribution in [2.45, 2.75) is 19.8 Å². The highest BCUT2D eigenvalue weighted by atomic mass is 79.9. The number of halogens is 1. The van der Waals surface area contributed by atoms with Crippen molar-refractivity contribution in [2.24, 2.45) is 11.8 Å². The van der Waals surface area contributed by atoms with E-state index < -0.39 is 0 Å². The predicted octanol–water partition coefficient (Wildman–Crippen LogP) is 3.69. The van der Waals surface area contributed by atoms with E-state index in [2.05, 4.69) is 15.9 Å². The number of rotatable bonds is 4. The molecular formula is C13H15BrO2. The van der Waals surface area contributed by atoms with Crippen molar-refractivity contribution in [3.63, 3.8) is 0 Å². The Bertz CT molecular complexity index is 410. The zero-order chi connectivity index (χ0) is 11.7. The molecule has 86 valence electrons. The molecule has 1 atom stereocenters. The fourth-order valence-electron chi connectivity index (χ4n) is 1.89. The quantitative estimate of drug-likeness (QED) is 0.788. The SMILES string of the molecule is COc1ccc(C(=O)C(C)C2CC2)cc1Br. The fraction of sp³-hybridized carbons (Fsp3) is 0.462. The Kier molecular flexibility index (Phi) is 3.33. The van der Waals surface area contributed by atoms with Crippen LogP contribution in [0.1, 0.15) is 30.1 Å². The Morgan fingerprint density at radius 2 is 2.19 bits per heavy atom. The van der Waals surface area contributed by atoms with E-state index in [1.54, 1.807) is 7.11 Å². The van der Waals surface area contributed by atoms with Gasteiger partial charge in [0.25, 0.3) is 0 Å². The molecule has 1 unspecified atom stereocenters. The maximum Gasteiger partial charge on any atom is 0.165 e. The third kappa shape index (κ3) is 2.29. The second-order valence-corrected chi connectivity index (χ2v) is 5.19. The summed E-state index contributed by atoms with van der Waals surface area (Å²) < 4.78 is 5.98. The van der Waals surface area contributed by atoms with Crippen LogP contribution in [0.2, 0.25) is 0 Å². The average molecular weight is 283 g/mol. The number of carbonyl (C=O) groups excluding carboxylic acids is 1. The standard InChI is InChI=1S/C13H15BrO2/c1-8(9-3-4-9)13(15)10-5-6-12(16-2)11(14)7-10/h5-9H,3-4H2,1-2H3. The molecule has 3 heteroatoms. The van der Waals surface area contributed by atoms with Gasteiger partial charge in [-0.25, -0.2) is 0 Å². The molecule has 0 aliphatic heterocycles. The zero-order valence-corrected chi connectivity index (χ0v) is 11.1. The van der Waals surface area contributed by atoms with Gasteiger partial charge in [0.05, 0.1) is 11.6 Å². The first-order valence-electron chi connectivity index (χ1n) is 5.51. The molecular weight excluding hydrogens is 268 g/mol. The molecule has 2 nitrogen and oxygen atoms in total. The predicted molar refractivity (Wildman–Crippen MR) is 66.9 cm³/mol. The van der Waals surface area contributed by atoms with Gasteiger partial charge in [0.2, 0.25) is 0 Å². The molecule has 0 radical (unpaired) electrons. The topological polar surface area (TPSA) is 26.3 Å².